The highest BCUT2D eigenvalue weighted by atomic mass is 16.2. The SMILES string of the molecule is NC(=O)N(CC1CC2CC1C1CCC(CN(C(N)=O)C3CCC(CCN4[C@@H]5CC[C@H]4c4ccccc45)CC3)C21)C1CCC(CCN2[C@@H]3CC[C@H]2c2ccccc23)CC1. The summed E-state index contributed by atoms with van der Waals surface area (Å²) in [7, 11) is 0. The summed E-state index contributed by atoms with van der Waals surface area (Å²) in [5.74, 6) is 5.56. The predicted molar refractivity (Wildman–Crippen MR) is 228 cm³/mol. The van der Waals surface area contributed by atoms with Gasteiger partial charge in [-0.3, -0.25) is 9.80 Å². The van der Waals surface area contributed by atoms with Crippen LogP contribution in [-0.2, 0) is 0 Å². The van der Waals surface area contributed by atoms with Crippen LogP contribution in [-0.4, -0.2) is 69.9 Å². The van der Waals surface area contributed by atoms with Gasteiger partial charge in [0.15, 0.2) is 0 Å². The van der Waals surface area contributed by atoms with Crippen molar-refractivity contribution in [3.05, 3.63) is 70.8 Å². The molecule has 4 amide bonds. The van der Waals surface area contributed by atoms with Crippen LogP contribution >= 0.6 is 0 Å². The number of carbonyl (C=O) groups is 2. The molecule has 4 N–H and O–H groups in total. The Balaban J connectivity index is 0.641. The summed E-state index contributed by atoms with van der Waals surface area (Å²) >= 11 is 0. The first kappa shape index (κ1) is 37.9. The molecule has 8 nitrogen and oxygen atoms in total. The Morgan fingerprint density at radius 2 is 0.948 bits per heavy atom. The van der Waals surface area contributed by atoms with Gasteiger partial charge in [0.25, 0.3) is 0 Å². The van der Waals surface area contributed by atoms with Crippen LogP contribution in [0, 0.1) is 47.3 Å². The van der Waals surface area contributed by atoms with Crippen LogP contribution in [0.4, 0.5) is 9.59 Å². The summed E-state index contributed by atoms with van der Waals surface area (Å²) in [5.41, 5.74) is 18.7. The summed E-state index contributed by atoms with van der Waals surface area (Å²) < 4.78 is 0. The number of benzene rings is 2. The van der Waals surface area contributed by atoms with Gasteiger partial charge in [0, 0.05) is 49.3 Å². The monoisotopic (exact) mass is 787 g/mol. The molecule has 10 atom stereocenters. The molecule has 11 rings (SSSR count). The van der Waals surface area contributed by atoms with E-state index in [4.69, 9.17) is 11.5 Å². The molecule has 4 aliphatic heterocycles. The Bertz CT molecular complexity index is 1770. The summed E-state index contributed by atoms with van der Waals surface area (Å²) in [6.45, 7) is 4.14. The predicted octanol–water partition coefficient (Wildman–Crippen LogP) is 9.73. The standard InChI is InChI=1S/C50H70N6O2/c51-49(57)55(36-14-9-31(10-15-36)23-25-53-44-19-20-45(53)39-6-2-1-5-38(39)44)29-33-13-18-42-43-28-34(48(33)42)27-35(43)30-56(50(52)58)37-16-11-32(12-17-37)24-26-54-46-21-22-47(54)41-8-4-3-7-40(41)46/h1-8,31-37,42-48H,9-30H2,(H2,51,57)(H2,52,58)/t31?,32?,33?,34?,35?,36?,37?,42?,43?,44-,45+,46-,47+,48?. The van der Waals surface area contributed by atoms with Gasteiger partial charge in [-0.15, -0.1) is 0 Å². The normalized spacial score (nSPS) is 39.5. The van der Waals surface area contributed by atoms with Crippen molar-refractivity contribution in [2.45, 2.75) is 152 Å². The first-order valence-electron chi connectivity index (χ1n) is 24.2. The molecule has 7 fully saturated rings. The lowest BCUT2D eigenvalue weighted by molar-refractivity contribution is 0.0825. The van der Waals surface area contributed by atoms with Crippen LogP contribution in [0.1, 0.15) is 162 Å². The first-order chi connectivity index (χ1) is 28.4. The summed E-state index contributed by atoms with van der Waals surface area (Å²) in [4.78, 5) is 36.0. The molecule has 5 saturated carbocycles. The van der Waals surface area contributed by atoms with E-state index in [0.717, 1.165) is 68.4 Å². The molecule has 6 bridgehead atoms. The molecule has 58 heavy (non-hydrogen) atoms. The van der Waals surface area contributed by atoms with E-state index in [-0.39, 0.29) is 12.1 Å². The highest BCUT2D eigenvalue weighted by molar-refractivity contribution is 5.73. The van der Waals surface area contributed by atoms with E-state index < -0.39 is 0 Å². The highest BCUT2D eigenvalue weighted by Gasteiger charge is 2.58. The molecule has 0 aromatic heterocycles. The second kappa shape index (κ2) is 15.4. The maximum Gasteiger partial charge on any atom is 0.315 e. The third-order valence-electron chi connectivity index (χ3n) is 18.8. The lowest BCUT2D eigenvalue weighted by Gasteiger charge is -2.42. The van der Waals surface area contributed by atoms with Crippen molar-refractivity contribution in [2.24, 2.45) is 58.8 Å². The van der Waals surface area contributed by atoms with E-state index in [2.05, 4.69) is 68.1 Å². The highest BCUT2D eigenvalue weighted by Crippen LogP contribution is 2.63. The number of hydrogen-bond acceptors (Lipinski definition) is 4. The topological polar surface area (TPSA) is 99.1 Å². The van der Waals surface area contributed by atoms with Gasteiger partial charge in [-0.2, -0.15) is 0 Å². The molecular weight excluding hydrogens is 717 g/mol. The molecule has 5 aliphatic carbocycles. The van der Waals surface area contributed by atoms with E-state index in [1.165, 1.54) is 103 Å². The number of primary amides is 2. The maximum absolute atomic E-state index is 13.1. The molecule has 0 radical (unpaired) electrons. The van der Waals surface area contributed by atoms with Crippen molar-refractivity contribution in [1.29, 1.82) is 0 Å². The number of hydrogen-bond donors (Lipinski definition) is 2. The summed E-state index contributed by atoms with van der Waals surface area (Å²) in [6.07, 6.45) is 22.2. The maximum atomic E-state index is 13.1. The molecule has 9 aliphatic rings. The van der Waals surface area contributed by atoms with Gasteiger partial charge in [-0.25, -0.2) is 9.59 Å². The quantitative estimate of drug-likeness (QED) is 0.224. The van der Waals surface area contributed by atoms with Crippen molar-refractivity contribution in [2.75, 3.05) is 26.2 Å². The number of fused-ring (bicyclic) bond motifs is 15. The summed E-state index contributed by atoms with van der Waals surface area (Å²) in [6, 6.07) is 21.1. The van der Waals surface area contributed by atoms with Crippen molar-refractivity contribution in [1.82, 2.24) is 19.6 Å². The van der Waals surface area contributed by atoms with Crippen LogP contribution in [0.15, 0.2) is 48.5 Å². The number of carbonyl (C=O) groups excluding carboxylic acids is 2. The van der Waals surface area contributed by atoms with Gasteiger partial charge in [0.2, 0.25) is 0 Å². The zero-order chi connectivity index (χ0) is 39.1. The van der Waals surface area contributed by atoms with Gasteiger partial charge in [-0.05, 0) is 198 Å². The fourth-order valence-corrected chi connectivity index (χ4v) is 16.3. The van der Waals surface area contributed by atoms with Crippen molar-refractivity contribution in [3.8, 4) is 0 Å². The van der Waals surface area contributed by atoms with E-state index in [0.29, 0.717) is 54.0 Å². The third kappa shape index (κ3) is 6.51. The molecule has 4 heterocycles. The van der Waals surface area contributed by atoms with Gasteiger partial charge >= 0.3 is 12.1 Å². The third-order valence-corrected chi connectivity index (χ3v) is 18.8. The van der Waals surface area contributed by atoms with Crippen LogP contribution in [0.25, 0.3) is 0 Å². The number of amides is 4. The minimum atomic E-state index is -0.195. The van der Waals surface area contributed by atoms with E-state index in [1.54, 1.807) is 22.3 Å². The Morgan fingerprint density at radius 1 is 0.517 bits per heavy atom. The fourth-order valence-electron chi connectivity index (χ4n) is 16.3. The molecule has 0 spiro atoms. The van der Waals surface area contributed by atoms with Gasteiger partial charge in [-0.1, -0.05) is 48.5 Å². The van der Waals surface area contributed by atoms with Gasteiger partial charge in [0.05, 0.1) is 0 Å². The first-order valence-corrected chi connectivity index (χ1v) is 24.2. The lowest BCUT2D eigenvalue weighted by atomic mass is 9.72. The van der Waals surface area contributed by atoms with Gasteiger partial charge < -0.3 is 21.3 Å². The minimum Gasteiger partial charge on any atom is -0.351 e. The summed E-state index contributed by atoms with van der Waals surface area (Å²) in [5, 5.41) is 0. The van der Waals surface area contributed by atoms with Crippen LogP contribution in [0.3, 0.4) is 0 Å². The molecule has 6 unspecified atom stereocenters. The number of nitrogens with zero attached hydrogens (tertiary/aromatic N) is 4. The molecule has 2 aromatic carbocycles. The fraction of sp³-hybridized carbons (Fsp3) is 0.720. The van der Waals surface area contributed by atoms with E-state index in [1.807, 2.05) is 0 Å². The van der Waals surface area contributed by atoms with Crippen molar-refractivity contribution < 1.29 is 9.59 Å². The average molecular weight is 787 g/mol. The van der Waals surface area contributed by atoms with Crippen molar-refractivity contribution >= 4 is 12.1 Å². The number of nitrogens with two attached hydrogens (primary N) is 2. The second-order valence-corrected chi connectivity index (χ2v) is 21.1. The largest absolute Gasteiger partial charge is 0.351 e. The lowest BCUT2D eigenvalue weighted by Crippen LogP contribution is -2.49. The Hall–Kier alpha value is -3.10. The zero-order valence-corrected chi connectivity index (χ0v) is 35.0. The molecular formula is C50H70N6O2. The molecule has 2 saturated heterocycles. The number of urea groups is 2. The second-order valence-electron chi connectivity index (χ2n) is 21.1. The Labute approximate surface area is 347 Å². The van der Waals surface area contributed by atoms with Crippen LogP contribution in [0.2, 0.25) is 0 Å². The Kier molecular flexibility index (Phi) is 10.1. The Morgan fingerprint density at radius 3 is 1.38 bits per heavy atom. The molecule has 312 valence electrons. The zero-order valence-electron chi connectivity index (χ0n) is 35.0. The molecule has 2 aromatic rings. The van der Waals surface area contributed by atoms with E-state index >= 15 is 0 Å². The van der Waals surface area contributed by atoms with E-state index in [9.17, 15) is 9.59 Å². The average Bonchev–Trinajstić information content (AvgIpc) is 4.13. The smallest absolute Gasteiger partial charge is 0.315 e. The van der Waals surface area contributed by atoms with Crippen LogP contribution in [0.5, 0.6) is 0 Å². The van der Waals surface area contributed by atoms with Crippen LogP contribution < -0.4 is 11.5 Å². The molecule has 8 heteroatoms. The van der Waals surface area contributed by atoms with Gasteiger partial charge in [0.1, 0.15) is 0 Å². The minimum absolute atomic E-state index is 0.195. The van der Waals surface area contributed by atoms with Crippen molar-refractivity contribution in [3.63, 3.8) is 0 Å². The number of rotatable bonds is 12.